The molecule has 28 heavy (non-hydrogen) atoms. The molecule has 1 aromatic carbocycles. The largest absolute Gasteiger partial charge is 0.496 e. The summed E-state index contributed by atoms with van der Waals surface area (Å²) in [5.74, 6) is 0.780. The topological polar surface area (TPSA) is 68.9 Å². The van der Waals surface area contributed by atoms with Gasteiger partial charge in [0.15, 0.2) is 6.67 Å². The molecule has 2 aromatic rings. The molecule has 0 aliphatic rings. The molecular formula is C19H30ClN4O3S+. The molecule has 0 spiro atoms. The highest BCUT2D eigenvalue weighted by atomic mass is 35.5. The maximum absolute atomic E-state index is 13.0. The first-order valence-corrected chi connectivity index (χ1v) is 11.1. The van der Waals surface area contributed by atoms with Crippen LogP contribution < -0.4 is 9.64 Å². The van der Waals surface area contributed by atoms with Crippen molar-refractivity contribution in [1.82, 2.24) is 14.1 Å². The summed E-state index contributed by atoms with van der Waals surface area (Å²) in [6.45, 7) is 9.29. The summed E-state index contributed by atoms with van der Waals surface area (Å²) in [5.41, 5.74) is 2.17. The lowest BCUT2D eigenvalue weighted by Gasteiger charge is -2.19. The third kappa shape index (κ3) is 4.68. The molecule has 0 amide bonds. The molecule has 1 unspecified atom stereocenters. The van der Waals surface area contributed by atoms with Crippen LogP contribution in [-0.2, 0) is 23.2 Å². The molecule has 0 saturated carbocycles. The Labute approximate surface area is 172 Å². The van der Waals surface area contributed by atoms with Gasteiger partial charge in [0.1, 0.15) is 17.2 Å². The first kappa shape index (κ1) is 22.7. The highest BCUT2D eigenvalue weighted by Gasteiger charge is 2.29. The lowest BCUT2D eigenvalue weighted by molar-refractivity contribution is -0.917. The zero-order valence-electron chi connectivity index (χ0n) is 17.4. The van der Waals surface area contributed by atoms with E-state index in [-0.39, 0.29) is 0 Å². The second-order valence-electron chi connectivity index (χ2n) is 6.84. The SMILES string of the molecule is CCN(CC)S(=O)(=O)c1c(C)nn(C[NH+](C)Cc2cc(Cl)ccc2OC)c1C. The molecular weight excluding hydrogens is 400 g/mol. The first-order valence-electron chi connectivity index (χ1n) is 9.33. The van der Waals surface area contributed by atoms with E-state index in [0.717, 1.165) is 16.2 Å². The van der Waals surface area contributed by atoms with Crippen molar-refractivity contribution in [2.45, 2.75) is 45.8 Å². The van der Waals surface area contributed by atoms with Gasteiger partial charge in [-0.3, -0.25) is 0 Å². The lowest BCUT2D eigenvalue weighted by Crippen LogP contribution is -3.07. The van der Waals surface area contributed by atoms with Crippen molar-refractivity contribution in [1.29, 1.82) is 0 Å². The van der Waals surface area contributed by atoms with E-state index in [1.54, 1.807) is 24.8 Å². The molecule has 0 aliphatic heterocycles. The van der Waals surface area contributed by atoms with Gasteiger partial charge in [-0.05, 0) is 32.0 Å². The van der Waals surface area contributed by atoms with Gasteiger partial charge < -0.3 is 9.64 Å². The maximum Gasteiger partial charge on any atom is 0.246 e. The average Bonchev–Trinajstić information content (AvgIpc) is 2.89. The molecule has 1 aromatic heterocycles. The third-order valence-corrected chi connectivity index (χ3v) is 7.31. The monoisotopic (exact) mass is 429 g/mol. The van der Waals surface area contributed by atoms with Crippen LogP contribution in [0.2, 0.25) is 5.02 Å². The molecule has 2 rings (SSSR count). The molecule has 0 radical (unpaired) electrons. The van der Waals surface area contributed by atoms with E-state index < -0.39 is 10.0 Å². The number of rotatable bonds is 9. The standard InChI is InChI=1S/C19H29ClN4O3S/c1-7-23(8-2)28(25,26)19-14(3)21-24(15(19)4)13-22(5)12-16-11-17(20)9-10-18(16)27-6/h9-11H,7-8,12-13H2,1-6H3/p+1. The fourth-order valence-electron chi connectivity index (χ4n) is 3.42. The van der Waals surface area contributed by atoms with Crippen molar-refractivity contribution < 1.29 is 18.1 Å². The zero-order valence-corrected chi connectivity index (χ0v) is 19.0. The van der Waals surface area contributed by atoms with Gasteiger partial charge in [0, 0.05) is 23.7 Å². The van der Waals surface area contributed by atoms with Gasteiger partial charge in [-0.15, -0.1) is 0 Å². The minimum atomic E-state index is -3.55. The van der Waals surface area contributed by atoms with E-state index in [2.05, 4.69) is 5.10 Å². The van der Waals surface area contributed by atoms with Crippen LogP contribution in [0.5, 0.6) is 5.75 Å². The van der Waals surface area contributed by atoms with Crippen LogP contribution >= 0.6 is 11.6 Å². The van der Waals surface area contributed by atoms with E-state index in [1.807, 2.05) is 40.0 Å². The van der Waals surface area contributed by atoms with E-state index in [1.165, 1.54) is 4.31 Å². The molecule has 7 nitrogen and oxygen atoms in total. The van der Waals surface area contributed by atoms with E-state index in [0.29, 0.717) is 47.6 Å². The summed E-state index contributed by atoms with van der Waals surface area (Å²) in [7, 11) is 0.106. The second kappa shape index (κ2) is 9.26. The Hall–Kier alpha value is -1.61. The quantitative estimate of drug-likeness (QED) is 0.660. The Morgan fingerprint density at radius 2 is 1.89 bits per heavy atom. The number of benzene rings is 1. The Bertz CT molecular complexity index is 924. The highest BCUT2D eigenvalue weighted by Crippen LogP contribution is 2.24. The van der Waals surface area contributed by atoms with Crippen molar-refractivity contribution in [2.75, 3.05) is 27.2 Å². The predicted molar refractivity (Wildman–Crippen MR) is 110 cm³/mol. The van der Waals surface area contributed by atoms with Gasteiger partial charge in [0.2, 0.25) is 10.0 Å². The third-order valence-electron chi connectivity index (χ3n) is 4.77. The fraction of sp³-hybridized carbons (Fsp3) is 0.526. The number of aryl methyl sites for hydroxylation is 1. The maximum atomic E-state index is 13.0. The van der Waals surface area contributed by atoms with Gasteiger partial charge in [0.25, 0.3) is 0 Å². The van der Waals surface area contributed by atoms with Crippen molar-refractivity contribution in [3.63, 3.8) is 0 Å². The molecule has 1 atom stereocenters. The van der Waals surface area contributed by atoms with Crippen molar-refractivity contribution in [3.8, 4) is 5.75 Å². The van der Waals surface area contributed by atoms with Gasteiger partial charge in [-0.2, -0.15) is 9.40 Å². The number of nitrogens with one attached hydrogen (secondary N) is 1. The first-order chi connectivity index (χ1) is 13.1. The second-order valence-corrected chi connectivity index (χ2v) is 9.15. The molecule has 156 valence electrons. The number of sulfonamides is 1. The van der Waals surface area contributed by atoms with Crippen LogP contribution in [0.3, 0.4) is 0 Å². The normalized spacial score (nSPS) is 13.1. The van der Waals surface area contributed by atoms with Gasteiger partial charge in [-0.25, -0.2) is 13.1 Å². The van der Waals surface area contributed by atoms with Crippen LogP contribution in [-0.4, -0.2) is 49.8 Å². The van der Waals surface area contributed by atoms with Gasteiger partial charge in [0.05, 0.1) is 25.5 Å². The molecule has 9 heteroatoms. The van der Waals surface area contributed by atoms with E-state index in [4.69, 9.17) is 16.3 Å². The summed E-state index contributed by atoms with van der Waals surface area (Å²) in [6, 6.07) is 5.54. The number of aromatic nitrogens is 2. The predicted octanol–water partition coefficient (Wildman–Crippen LogP) is 1.86. The number of quaternary nitrogens is 1. The van der Waals surface area contributed by atoms with Crippen LogP contribution in [0.25, 0.3) is 0 Å². The Balaban J connectivity index is 2.28. The molecule has 1 heterocycles. The van der Waals surface area contributed by atoms with Gasteiger partial charge in [-0.1, -0.05) is 25.4 Å². The number of methoxy groups -OCH3 is 1. The van der Waals surface area contributed by atoms with Crippen molar-refractivity contribution in [3.05, 3.63) is 40.2 Å². The van der Waals surface area contributed by atoms with Crippen LogP contribution in [0.15, 0.2) is 23.1 Å². The molecule has 0 fully saturated rings. The number of halogens is 1. The van der Waals surface area contributed by atoms with Gasteiger partial charge >= 0.3 is 0 Å². The number of hydrogen-bond acceptors (Lipinski definition) is 4. The molecule has 1 N–H and O–H groups in total. The highest BCUT2D eigenvalue weighted by molar-refractivity contribution is 7.89. The summed E-state index contributed by atoms with van der Waals surface area (Å²) >= 11 is 6.12. The van der Waals surface area contributed by atoms with E-state index >= 15 is 0 Å². The van der Waals surface area contributed by atoms with Crippen LogP contribution in [0, 0.1) is 13.8 Å². The van der Waals surface area contributed by atoms with Crippen LogP contribution in [0.4, 0.5) is 0 Å². The Kier molecular flexibility index (Phi) is 7.50. The minimum absolute atomic E-state index is 0.310. The molecule has 0 aliphatic carbocycles. The number of hydrogen-bond donors (Lipinski definition) is 1. The lowest BCUT2D eigenvalue weighted by atomic mass is 10.2. The average molecular weight is 430 g/mol. The smallest absolute Gasteiger partial charge is 0.246 e. The number of ether oxygens (including phenoxy) is 1. The minimum Gasteiger partial charge on any atom is -0.496 e. The Morgan fingerprint density at radius 1 is 1.25 bits per heavy atom. The zero-order chi connectivity index (χ0) is 21.1. The van der Waals surface area contributed by atoms with Crippen LogP contribution in [0.1, 0.15) is 30.8 Å². The number of nitrogens with zero attached hydrogens (tertiary/aromatic N) is 3. The summed E-state index contributed by atoms with van der Waals surface area (Å²) in [5, 5.41) is 5.16. The Morgan fingerprint density at radius 3 is 2.46 bits per heavy atom. The summed E-state index contributed by atoms with van der Waals surface area (Å²) < 4.78 is 34.6. The summed E-state index contributed by atoms with van der Waals surface area (Å²) in [6.07, 6.45) is 0. The van der Waals surface area contributed by atoms with Crippen molar-refractivity contribution in [2.24, 2.45) is 0 Å². The van der Waals surface area contributed by atoms with Crippen molar-refractivity contribution >= 4 is 21.6 Å². The van der Waals surface area contributed by atoms with E-state index in [9.17, 15) is 8.42 Å². The fourth-order valence-corrected chi connectivity index (χ4v) is 5.45. The summed E-state index contributed by atoms with van der Waals surface area (Å²) in [4.78, 5) is 1.43. The molecule has 0 saturated heterocycles. The molecule has 0 bridgehead atoms.